The molecule has 0 spiro atoms. The third-order valence-corrected chi connectivity index (χ3v) is 4.21. The van der Waals surface area contributed by atoms with Crippen molar-refractivity contribution in [3.63, 3.8) is 0 Å². The summed E-state index contributed by atoms with van der Waals surface area (Å²) in [7, 11) is 0. The second kappa shape index (κ2) is 6.91. The Hall–Kier alpha value is -1.07. The summed E-state index contributed by atoms with van der Waals surface area (Å²) in [5, 5.41) is 8.69. The highest BCUT2D eigenvalue weighted by molar-refractivity contribution is 9.11. The lowest BCUT2D eigenvalue weighted by Crippen LogP contribution is -1.98. The third-order valence-electron chi connectivity index (χ3n) is 2.65. The number of aromatic nitrogens is 2. The Kier molecular flexibility index (Phi) is 5.22. The van der Waals surface area contributed by atoms with Gasteiger partial charge in [0.25, 0.3) is 5.22 Å². The summed E-state index contributed by atoms with van der Waals surface area (Å²) in [5.74, 6) is 1.78. The van der Waals surface area contributed by atoms with E-state index in [0.29, 0.717) is 17.0 Å². The Morgan fingerprint density at radius 3 is 2.79 bits per heavy atom. The van der Waals surface area contributed by atoms with Gasteiger partial charge in [0, 0.05) is 12.2 Å². The summed E-state index contributed by atoms with van der Waals surface area (Å²) < 4.78 is 6.52. The van der Waals surface area contributed by atoms with E-state index in [9.17, 15) is 0 Å². The third kappa shape index (κ3) is 4.51. The number of benzene rings is 1. The zero-order valence-corrected chi connectivity index (χ0v) is 13.1. The summed E-state index contributed by atoms with van der Waals surface area (Å²) in [6.45, 7) is 5.93. The van der Waals surface area contributed by atoms with Crippen molar-refractivity contribution >= 4 is 27.7 Å². The Balaban J connectivity index is 1.94. The lowest BCUT2D eigenvalue weighted by molar-refractivity contribution is 0.405. The van der Waals surface area contributed by atoms with Crippen molar-refractivity contribution in [2.24, 2.45) is 0 Å². The van der Waals surface area contributed by atoms with Crippen molar-refractivity contribution in [1.29, 1.82) is 0 Å². The van der Waals surface area contributed by atoms with Crippen molar-refractivity contribution in [3.8, 4) is 0 Å². The van der Waals surface area contributed by atoms with Crippen LogP contribution in [0.3, 0.4) is 0 Å². The van der Waals surface area contributed by atoms with E-state index in [4.69, 9.17) is 4.42 Å². The molecule has 0 aliphatic rings. The van der Waals surface area contributed by atoms with Crippen LogP contribution >= 0.6 is 27.7 Å². The molecule has 0 fully saturated rings. The first kappa shape index (κ1) is 14.3. The van der Waals surface area contributed by atoms with Crippen LogP contribution in [0.1, 0.15) is 24.3 Å². The first-order chi connectivity index (χ1) is 9.15. The van der Waals surface area contributed by atoms with E-state index >= 15 is 0 Å². The average Bonchev–Trinajstić information content (AvgIpc) is 2.85. The Labute approximate surface area is 125 Å². The van der Waals surface area contributed by atoms with Gasteiger partial charge in [-0.3, -0.25) is 0 Å². The molecule has 0 bridgehead atoms. The minimum Gasteiger partial charge on any atom is -0.416 e. The van der Waals surface area contributed by atoms with E-state index in [1.54, 1.807) is 0 Å². The average molecular weight is 339 g/mol. The van der Waals surface area contributed by atoms with E-state index in [1.807, 2.05) is 18.2 Å². The van der Waals surface area contributed by atoms with Crippen LogP contribution in [0.2, 0.25) is 0 Å². The van der Waals surface area contributed by atoms with Crippen LogP contribution in [0.15, 0.2) is 51.0 Å². The Bertz CT molecular complexity index is 541. The summed E-state index contributed by atoms with van der Waals surface area (Å²) in [6, 6.07) is 10.3. The molecule has 0 radical (unpaired) electrons. The summed E-state index contributed by atoms with van der Waals surface area (Å²) in [6.07, 6.45) is 0.757. The molecule has 0 N–H and O–H groups in total. The Morgan fingerprint density at radius 1 is 1.37 bits per heavy atom. The highest BCUT2D eigenvalue weighted by Crippen LogP contribution is 2.24. The van der Waals surface area contributed by atoms with Gasteiger partial charge in [0.05, 0.1) is 0 Å². The predicted molar refractivity (Wildman–Crippen MR) is 81.7 cm³/mol. The fraction of sp³-hybridized carbons (Fsp3) is 0.286. The monoisotopic (exact) mass is 338 g/mol. The molecule has 0 saturated heterocycles. The van der Waals surface area contributed by atoms with Crippen LogP contribution in [0.5, 0.6) is 0 Å². The minimum absolute atomic E-state index is 0.366. The smallest absolute Gasteiger partial charge is 0.276 e. The number of thioether (sulfide) groups is 1. The second-order valence-electron chi connectivity index (χ2n) is 4.28. The molecule has 1 aromatic carbocycles. The normalized spacial score (nSPS) is 12.3. The molecule has 0 unspecified atom stereocenters. The van der Waals surface area contributed by atoms with Crippen molar-refractivity contribution in [1.82, 2.24) is 10.2 Å². The topological polar surface area (TPSA) is 38.9 Å². The number of hydrogen-bond acceptors (Lipinski definition) is 4. The highest BCUT2D eigenvalue weighted by atomic mass is 79.9. The maximum atomic E-state index is 5.60. The first-order valence-electron chi connectivity index (χ1n) is 5.98. The van der Waals surface area contributed by atoms with Gasteiger partial charge in [-0.2, -0.15) is 0 Å². The molecule has 19 heavy (non-hydrogen) atoms. The fourth-order valence-corrected chi connectivity index (χ4v) is 2.56. The molecule has 0 saturated carbocycles. The van der Waals surface area contributed by atoms with Gasteiger partial charge in [-0.1, -0.05) is 71.5 Å². The zero-order chi connectivity index (χ0) is 13.7. The van der Waals surface area contributed by atoms with Crippen LogP contribution in [-0.4, -0.2) is 16.0 Å². The molecule has 100 valence electrons. The van der Waals surface area contributed by atoms with Gasteiger partial charge >= 0.3 is 0 Å². The van der Waals surface area contributed by atoms with E-state index in [2.05, 4.69) is 51.8 Å². The van der Waals surface area contributed by atoms with Gasteiger partial charge in [0.1, 0.15) is 0 Å². The molecule has 1 aromatic heterocycles. The summed E-state index contributed by atoms with van der Waals surface area (Å²) >= 11 is 4.79. The van der Waals surface area contributed by atoms with Gasteiger partial charge in [-0.25, -0.2) is 0 Å². The van der Waals surface area contributed by atoms with Crippen molar-refractivity contribution in [2.45, 2.75) is 24.5 Å². The van der Waals surface area contributed by atoms with Crippen LogP contribution < -0.4 is 0 Å². The fourth-order valence-electron chi connectivity index (χ4n) is 1.68. The van der Waals surface area contributed by atoms with Crippen molar-refractivity contribution in [3.05, 3.63) is 52.8 Å². The van der Waals surface area contributed by atoms with Crippen molar-refractivity contribution < 1.29 is 4.42 Å². The van der Waals surface area contributed by atoms with E-state index in [0.717, 1.165) is 16.7 Å². The summed E-state index contributed by atoms with van der Waals surface area (Å²) in [5.41, 5.74) is 1.28. The number of halogens is 1. The first-order valence-corrected chi connectivity index (χ1v) is 7.76. The SMILES string of the molecule is C=C(Br)CSc1nnc(C[C@@H](C)c2ccccc2)o1. The lowest BCUT2D eigenvalue weighted by atomic mass is 9.98. The largest absolute Gasteiger partial charge is 0.416 e. The molecular formula is C14H15BrN2OS. The standard InChI is InChI=1S/C14H15BrN2OS/c1-10(12-6-4-3-5-7-12)8-13-16-17-14(18-13)19-9-11(2)15/h3-7,10H,2,8-9H2,1H3/t10-/m1/s1. The molecule has 2 aromatic rings. The van der Waals surface area contributed by atoms with E-state index in [-0.39, 0.29) is 0 Å². The molecule has 0 aliphatic carbocycles. The van der Waals surface area contributed by atoms with Gasteiger partial charge in [-0.05, 0) is 16.0 Å². The second-order valence-corrected chi connectivity index (χ2v) is 6.33. The lowest BCUT2D eigenvalue weighted by Gasteiger charge is -2.08. The number of rotatable bonds is 6. The van der Waals surface area contributed by atoms with Gasteiger partial charge < -0.3 is 4.42 Å². The van der Waals surface area contributed by atoms with Gasteiger partial charge in [-0.15, -0.1) is 10.2 Å². The maximum Gasteiger partial charge on any atom is 0.276 e. The molecule has 1 heterocycles. The minimum atomic E-state index is 0.366. The molecular weight excluding hydrogens is 324 g/mol. The molecule has 3 nitrogen and oxygen atoms in total. The van der Waals surface area contributed by atoms with Crippen LogP contribution in [0.25, 0.3) is 0 Å². The zero-order valence-electron chi connectivity index (χ0n) is 10.7. The molecule has 5 heteroatoms. The van der Waals surface area contributed by atoms with Gasteiger partial charge in [0.15, 0.2) is 0 Å². The van der Waals surface area contributed by atoms with E-state index < -0.39 is 0 Å². The van der Waals surface area contributed by atoms with Crippen molar-refractivity contribution in [2.75, 3.05) is 5.75 Å². The van der Waals surface area contributed by atoms with Crippen LogP contribution in [-0.2, 0) is 6.42 Å². The number of hydrogen-bond donors (Lipinski definition) is 0. The molecule has 2 rings (SSSR count). The quantitative estimate of drug-likeness (QED) is 0.731. The predicted octanol–water partition coefficient (Wildman–Crippen LogP) is 4.42. The Morgan fingerprint density at radius 2 is 2.11 bits per heavy atom. The molecule has 0 amide bonds. The summed E-state index contributed by atoms with van der Waals surface area (Å²) in [4.78, 5) is 0. The number of nitrogens with zero attached hydrogens (tertiary/aromatic N) is 2. The highest BCUT2D eigenvalue weighted by Gasteiger charge is 2.12. The van der Waals surface area contributed by atoms with Gasteiger partial charge in [0.2, 0.25) is 5.89 Å². The van der Waals surface area contributed by atoms with Crippen LogP contribution in [0, 0.1) is 0 Å². The van der Waals surface area contributed by atoms with Crippen LogP contribution in [0.4, 0.5) is 0 Å². The molecule has 1 atom stereocenters. The molecule has 0 aliphatic heterocycles. The van der Waals surface area contributed by atoms with E-state index in [1.165, 1.54) is 17.3 Å². The maximum absolute atomic E-state index is 5.60.